The molecule has 2 atom stereocenters. The zero-order valence-corrected chi connectivity index (χ0v) is 12.0. The predicted molar refractivity (Wildman–Crippen MR) is 76.9 cm³/mol. The van der Waals surface area contributed by atoms with Gasteiger partial charge in [-0.15, -0.1) is 0 Å². The lowest BCUT2D eigenvalue weighted by molar-refractivity contribution is 0.386. The van der Waals surface area contributed by atoms with Crippen LogP contribution in [0.3, 0.4) is 0 Å². The summed E-state index contributed by atoms with van der Waals surface area (Å²) in [6.45, 7) is 0. The fourth-order valence-corrected chi connectivity index (χ4v) is 5.01. The van der Waals surface area contributed by atoms with E-state index in [1.807, 2.05) is 0 Å². The highest BCUT2D eigenvalue weighted by atomic mass is 32.2. The van der Waals surface area contributed by atoms with Gasteiger partial charge in [-0.1, -0.05) is 24.3 Å². The molecule has 1 heterocycles. The first-order valence-corrected chi connectivity index (χ1v) is 9.00. The van der Waals surface area contributed by atoms with Crippen molar-refractivity contribution in [3.63, 3.8) is 0 Å². The van der Waals surface area contributed by atoms with Gasteiger partial charge in [-0.05, 0) is 43.2 Å². The van der Waals surface area contributed by atoms with Gasteiger partial charge in [-0.3, -0.25) is 0 Å². The Hall–Kier alpha value is -0.870. The smallest absolute Gasteiger partial charge is 0.151 e. The van der Waals surface area contributed by atoms with Gasteiger partial charge < -0.3 is 5.32 Å². The van der Waals surface area contributed by atoms with Crippen molar-refractivity contribution in [2.45, 2.75) is 44.2 Å². The third-order valence-corrected chi connectivity index (χ3v) is 6.09. The maximum atomic E-state index is 11.7. The number of nitrogens with one attached hydrogen (secondary N) is 1. The molecule has 4 heteroatoms. The van der Waals surface area contributed by atoms with Gasteiger partial charge in [0.05, 0.1) is 11.5 Å². The first-order chi connectivity index (χ1) is 9.14. The molecule has 1 fully saturated rings. The molecule has 1 aromatic carbocycles. The van der Waals surface area contributed by atoms with E-state index in [1.54, 1.807) is 0 Å². The molecule has 0 radical (unpaired) electrons. The molecule has 0 amide bonds. The fraction of sp³-hybridized carbons (Fsp3) is 0.600. The molecule has 3 rings (SSSR count). The molecule has 2 aliphatic rings. The van der Waals surface area contributed by atoms with E-state index in [2.05, 4.69) is 29.6 Å². The summed E-state index contributed by atoms with van der Waals surface area (Å²) in [5.41, 5.74) is 2.79. The summed E-state index contributed by atoms with van der Waals surface area (Å²) in [5, 5.41) is 3.59. The van der Waals surface area contributed by atoms with Gasteiger partial charge in [0.25, 0.3) is 0 Å². The van der Waals surface area contributed by atoms with Crippen molar-refractivity contribution < 1.29 is 8.42 Å². The second kappa shape index (κ2) is 5.25. The van der Waals surface area contributed by atoms with Crippen LogP contribution in [0.2, 0.25) is 0 Å². The molecular formula is C15H21NO2S. The Kier molecular flexibility index (Phi) is 3.63. The molecule has 1 aliphatic carbocycles. The maximum Gasteiger partial charge on any atom is 0.151 e. The second-order valence-electron chi connectivity index (χ2n) is 5.76. The van der Waals surface area contributed by atoms with Crippen LogP contribution >= 0.6 is 0 Å². The van der Waals surface area contributed by atoms with Crippen LogP contribution in [0.5, 0.6) is 0 Å². The molecule has 0 saturated carbocycles. The first kappa shape index (κ1) is 13.1. The number of hydrogen-bond acceptors (Lipinski definition) is 3. The molecular weight excluding hydrogens is 258 g/mol. The van der Waals surface area contributed by atoms with Crippen molar-refractivity contribution in [3.8, 4) is 0 Å². The van der Waals surface area contributed by atoms with Crippen molar-refractivity contribution in [1.29, 1.82) is 0 Å². The molecule has 3 nitrogen and oxygen atoms in total. The molecule has 1 aromatic rings. The van der Waals surface area contributed by atoms with Crippen molar-refractivity contribution in [2.24, 2.45) is 0 Å². The quantitative estimate of drug-likeness (QED) is 0.903. The minimum atomic E-state index is -2.82. The summed E-state index contributed by atoms with van der Waals surface area (Å²) in [5.74, 6) is 0.679. The largest absolute Gasteiger partial charge is 0.306 e. The standard InChI is InChI=1S/C15H21NO2S/c17-19(18)10-4-7-13(11-19)16-15-9-3-6-12-5-1-2-8-14(12)15/h1-2,5,8,13,15-16H,3-4,6-7,9-11H2. The van der Waals surface area contributed by atoms with Crippen LogP contribution in [0.25, 0.3) is 0 Å². The molecule has 19 heavy (non-hydrogen) atoms. The highest BCUT2D eigenvalue weighted by Gasteiger charge is 2.28. The summed E-state index contributed by atoms with van der Waals surface area (Å²) in [6, 6.07) is 9.02. The first-order valence-electron chi connectivity index (χ1n) is 7.18. The summed E-state index contributed by atoms with van der Waals surface area (Å²) in [4.78, 5) is 0. The predicted octanol–water partition coefficient (Wildman–Crippen LogP) is 2.23. The van der Waals surface area contributed by atoms with Crippen LogP contribution < -0.4 is 5.32 Å². The lowest BCUT2D eigenvalue weighted by atomic mass is 9.87. The van der Waals surface area contributed by atoms with Crippen molar-refractivity contribution >= 4 is 9.84 Å². The normalized spacial score (nSPS) is 29.7. The van der Waals surface area contributed by atoms with Crippen LogP contribution in [-0.4, -0.2) is 26.0 Å². The Morgan fingerprint density at radius 3 is 2.79 bits per heavy atom. The highest BCUT2D eigenvalue weighted by Crippen LogP contribution is 2.30. The topological polar surface area (TPSA) is 46.2 Å². The fourth-order valence-electron chi connectivity index (χ4n) is 3.37. The number of hydrogen-bond donors (Lipinski definition) is 1. The Labute approximate surface area is 115 Å². The summed E-state index contributed by atoms with van der Waals surface area (Å²) >= 11 is 0. The number of sulfone groups is 1. The minimum Gasteiger partial charge on any atom is -0.306 e. The Morgan fingerprint density at radius 2 is 1.95 bits per heavy atom. The Morgan fingerprint density at radius 1 is 1.11 bits per heavy atom. The number of benzene rings is 1. The van der Waals surface area contributed by atoms with Crippen molar-refractivity contribution in [1.82, 2.24) is 5.32 Å². The van der Waals surface area contributed by atoms with E-state index in [-0.39, 0.29) is 6.04 Å². The van der Waals surface area contributed by atoms with Gasteiger partial charge in [0.15, 0.2) is 9.84 Å². The Balaban J connectivity index is 1.74. The minimum absolute atomic E-state index is 0.134. The highest BCUT2D eigenvalue weighted by molar-refractivity contribution is 7.91. The lowest BCUT2D eigenvalue weighted by Gasteiger charge is -2.32. The molecule has 1 aliphatic heterocycles. The van der Waals surface area contributed by atoms with E-state index in [4.69, 9.17) is 0 Å². The van der Waals surface area contributed by atoms with Gasteiger partial charge in [-0.2, -0.15) is 0 Å². The van der Waals surface area contributed by atoms with Crippen molar-refractivity contribution in [2.75, 3.05) is 11.5 Å². The summed E-state index contributed by atoms with van der Waals surface area (Å²) in [6.07, 6.45) is 5.24. The van der Waals surface area contributed by atoms with Crippen LogP contribution in [0, 0.1) is 0 Å². The molecule has 0 aromatic heterocycles. The van der Waals surface area contributed by atoms with Crippen LogP contribution in [0.4, 0.5) is 0 Å². The molecule has 2 unspecified atom stereocenters. The van der Waals surface area contributed by atoms with Gasteiger partial charge in [0.2, 0.25) is 0 Å². The Bertz CT molecular complexity index is 553. The van der Waals surface area contributed by atoms with Gasteiger partial charge in [0.1, 0.15) is 0 Å². The van der Waals surface area contributed by atoms with E-state index < -0.39 is 9.84 Å². The summed E-state index contributed by atoms with van der Waals surface area (Å²) in [7, 11) is -2.82. The van der Waals surface area contributed by atoms with E-state index >= 15 is 0 Å². The van der Waals surface area contributed by atoms with Crippen LogP contribution in [-0.2, 0) is 16.3 Å². The average Bonchev–Trinajstić information content (AvgIpc) is 2.38. The average molecular weight is 279 g/mol. The van der Waals surface area contributed by atoms with Crippen molar-refractivity contribution in [3.05, 3.63) is 35.4 Å². The lowest BCUT2D eigenvalue weighted by Crippen LogP contribution is -2.42. The van der Waals surface area contributed by atoms with E-state index in [9.17, 15) is 8.42 Å². The van der Waals surface area contributed by atoms with E-state index in [1.165, 1.54) is 17.5 Å². The SMILES string of the molecule is O=S1(=O)CCCC(NC2CCCc3ccccc32)C1. The van der Waals surface area contributed by atoms with Gasteiger partial charge in [-0.25, -0.2) is 8.42 Å². The molecule has 1 saturated heterocycles. The number of rotatable bonds is 2. The molecule has 104 valence electrons. The molecule has 0 bridgehead atoms. The van der Waals surface area contributed by atoms with E-state index in [0.29, 0.717) is 17.5 Å². The van der Waals surface area contributed by atoms with Gasteiger partial charge >= 0.3 is 0 Å². The zero-order chi connectivity index (χ0) is 13.3. The molecule has 0 spiro atoms. The van der Waals surface area contributed by atoms with Gasteiger partial charge in [0, 0.05) is 12.1 Å². The zero-order valence-electron chi connectivity index (χ0n) is 11.1. The third kappa shape index (κ3) is 3.00. The monoisotopic (exact) mass is 279 g/mol. The van der Waals surface area contributed by atoms with E-state index in [0.717, 1.165) is 25.7 Å². The summed E-state index contributed by atoms with van der Waals surface area (Å²) < 4.78 is 23.4. The number of aryl methyl sites for hydroxylation is 1. The maximum absolute atomic E-state index is 11.7. The molecule has 1 N–H and O–H groups in total. The third-order valence-electron chi connectivity index (χ3n) is 4.27. The second-order valence-corrected chi connectivity index (χ2v) is 7.99. The van der Waals surface area contributed by atoms with Crippen LogP contribution in [0.15, 0.2) is 24.3 Å². The van der Waals surface area contributed by atoms with Crippen LogP contribution in [0.1, 0.15) is 42.9 Å². The number of fused-ring (bicyclic) bond motifs is 1.